The first-order chi connectivity index (χ1) is 10.2. The minimum atomic E-state index is -6.26. The predicted octanol–water partition coefficient (Wildman–Crippen LogP) is 4.25. The van der Waals surface area contributed by atoms with Gasteiger partial charge in [-0.15, -0.1) is 0 Å². The summed E-state index contributed by atoms with van der Waals surface area (Å²) in [6.07, 6.45) is 0. The Morgan fingerprint density at radius 2 is 1.22 bits per heavy atom. The van der Waals surface area contributed by atoms with Crippen LogP contribution in [0.4, 0.5) is 35.1 Å². The van der Waals surface area contributed by atoms with Crippen LogP contribution in [0.5, 0.6) is 0 Å². The van der Waals surface area contributed by atoms with Crippen LogP contribution in [0, 0.1) is 32.7 Å². The summed E-state index contributed by atoms with van der Waals surface area (Å²) in [6, 6.07) is 0. The first kappa shape index (κ1) is 20.3. The molecule has 0 saturated heterocycles. The maximum atomic E-state index is 13.6. The van der Waals surface area contributed by atoms with Gasteiger partial charge in [0.15, 0.2) is 0 Å². The van der Waals surface area contributed by atoms with Gasteiger partial charge >= 0.3 is 132 Å². The second-order valence-electron chi connectivity index (χ2n) is 4.14. The van der Waals surface area contributed by atoms with E-state index >= 15 is 0 Å². The number of rotatable bonds is 4. The zero-order valence-electron chi connectivity index (χ0n) is 11.1. The van der Waals surface area contributed by atoms with Gasteiger partial charge in [-0.1, -0.05) is 0 Å². The normalized spacial score (nSPS) is 13.6. The SMILES string of the molecule is CC(C)I(OS(=O)(=O)C(F)(F)F)c1c(F)c(F)c(F)c(F)c1F. The van der Waals surface area contributed by atoms with E-state index in [2.05, 4.69) is 2.51 Å². The molecule has 0 aromatic heterocycles. The van der Waals surface area contributed by atoms with E-state index in [0.717, 1.165) is 13.8 Å². The Kier molecular flexibility index (Phi) is 5.89. The van der Waals surface area contributed by atoms with Crippen LogP contribution in [0.2, 0.25) is 0 Å². The van der Waals surface area contributed by atoms with Crippen LogP contribution in [0.15, 0.2) is 0 Å². The Labute approximate surface area is 132 Å². The number of benzene rings is 1. The fourth-order valence-electron chi connectivity index (χ4n) is 1.19. The molecule has 0 aliphatic rings. The molecule has 13 heteroatoms. The van der Waals surface area contributed by atoms with Crippen molar-refractivity contribution in [2.24, 2.45) is 0 Å². The van der Waals surface area contributed by atoms with E-state index in [1.54, 1.807) is 0 Å². The average Bonchev–Trinajstić information content (AvgIpc) is 2.40. The van der Waals surface area contributed by atoms with Crippen LogP contribution in [0.1, 0.15) is 13.8 Å². The van der Waals surface area contributed by atoms with E-state index in [1.165, 1.54) is 0 Å². The third-order valence-corrected chi connectivity index (χ3v) is 9.90. The van der Waals surface area contributed by atoms with E-state index in [-0.39, 0.29) is 0 Å². The topological polar surface area (TPSA) is 43.4 Å². The van der Waals surface area contributed by atoms with Gasteiger partial charge in [-0.25, -0.2) is 0 Å². The van der Waals surface area contributed by atoms with Crippen LogP contribution in [0.25, 0.3) is 0 Å². The van der Waals surface area contributed by atoms with Crippen molar-refractivity contribution in [1.29, 1.82) is 0 Å². The van der Waals surface area contributed by atoms with Gasteiger partial charge in [0, 0.05) is 0 Å². The molecule has 1 aromatic rings. The van der Waals surface area contributed by atoms with Gasteiger partial charge in [-0.3, -0.25) is 0 Å². The molecule has 0 fully saturated rings. The van der Waals surface area contributed by atoms with Crippen molar-refractivity contribution in [2.75, 3.05) is 0 Å². The summed E-state index contributed by atoms with van der Waals surface area (Å²) in [4.78, 5) is 0. The molecule has 0 radical (unpaired) electrons. The first-order valence-electron chi connectivity index (χ1n) is 5.43. The van der Waals surface area contributed by atoms with Gasteiger partial charge in [0.1, 0.15) is 0 Å². The van der Waals surface area contributed by atoms with Crippen molar-refractivity contribution >= 4 is 30.4 Å². The van der Waals surface area contributed by atoms with E-state index < -0.39 is 72.4 Å². The zero-order valence-corrected chi connectivity index (χ0v) is 14.1. The molecule has 0 amide bonds. The van der Waals surface area contributed by atoms with Crippen LogP contribution < -0.4 is 0 Å². The molecule has 0 aliphatic heterocycles. The van der Waals surface area contributed by atoms with Crippen molar-refractivity contribution in [1.82, 2.24) is 0 Å². The summed E-state index contributed by atoms with van der Waals surface area (Å²) >= 11 is -4.46. The third-order valence-electron chi connectivity index (χ3n) is 2.17. The number of halogens is 9. The standard InChI is InChI=1S/C10H7F8IO3S/c1-3(2)19(22-23(20,21)10(16,17)18)9-7(14)5(12)4(11)6(13)8(9)15/h3H,1-2H3. The minimum absolute atomic E-state index is 1.04. The first-order valence-corrected chi connectivity index (χ1v) is 10.0. The Bertz CT molecular complexity index is 687. The molecule has 0 heterocycles. The van der Waals surface area contributed by atoms with E-state index in [9.17, 15) is 43.5 Å². The van der Waals surface area contributed by atoms with Crippen molar-refractivity contribution < 1.29 is 46.1 Å². The Balaban J connectivity index is 3.57. The molecule has 0 saturated carbocycles. The van der Waals surface area contributed by atoms with E-state index in [0.29, 0.717) is 0 Å². The van der Waals surface area contributed by atoms with Gasteiger partial charge in [0.05, 0.1) is 0 Å². The molecule has 0 spiro atoms. The molecule has 134 valence electrons. The van der Waals surface area contributed by atoms with Crippen LogP contribution in [-0.2, 0) is 12.6 Å². The molecule has 0 aliphatic carbocycles. The van der Waals surface area contributed by atoms with Gasteiger partial charge < -0.3 is 0 Å². The van der Waals surface area contributed by atoms with E-state index in [4.69, 9.17) is 0 Å². The van der Waals surface area contributed by atoms with Gasteiger partial charge in [0.2, 0.25) is 0 Å². The van der Waals surface area contributed by atoms with Crippen molar-refractivity contribution in [2.45, 2.75) is 23.3 Å². The Morgan fingerprint density at radius 3 is 1.52 bits per heavy atom. The fraction of sp³-hybridized carbons (Fsp3) is 0.400. The molecule has 23 heavy (non-hydrogen) atoms. The second-order valence-corrected chi connectivity index (χ2v) is 11.9. The zero-order chi connectivity index (χ0) is 18.3. The van der Waals surface area contributed by atoms with Gasteiger partial charge in [-0.05, 0) is 0 Å². The molecule has 1 rings (SSSR count). The summed E-state index contributed by atoms with van der Waals surface area (Å²) in [5.41, 5.74) is -5.90. The number of hydrogen-bond donors (Lipinski definition) is 0. The fourth-order valence-corrected chi connectivity index (χ4v) is 8.23. The molecular weight excluding hydrogens is 479 g/mol. The van der Waals surface area contributed by atoms with Crippen LogP contribution in [0.3, 0.4) is 0 Å². The van der Waals surface area contributed by atoms with E-state index in [1.807, 2.05) is 0 Å². The van der Waals surface area contributed by atoms with Crippen LogP contribution >= 0.6 is 20.2 Å². The monoisotopic (exact) mass is 486 g/mol. The Hall–Kier alpha value is -0.700. The summed E-state index contributed by atoms with van der Waals surface area (Å²) < 4.78 is 126. The molecule has 3 nitrogen and oxygen atoms in total. The molecule has 0 bridgehead atoms. The quantitative estimate of drug-likeness (QED) is 0.160. The summed E-state index contributed by atoms with van der Waals surface area (Å²) in [7, 11) is -6.26. The maximum absolute atomic E-state index is 13.6. The Morgan fingerprint density at radius 1 is 0.870 bits per heavy atom. The molecule has 1 aromatic carbocycles. The van der Waals surface area contributed by atoms with Crippen molar-refractivity contribution in [3.63, 3.8) is 0 Å². The molecule has 0 unspecified atom stereocenters. The number of hydrogen-bond acceptors (Lipinski definition) is 3. The summed E-state index contributed by atoms with van der Waals surface area (Å²) in [5, 5.41) is 0. The molecular formula is C10H7F8IO3S. The predicted molar refractivity (Wildman–Crippen MR) is 70.1 cm³/mol. The van der Waals surface area contributed by atoms with Crippen molar-refractivity contribution in [3.8, 4) is 0 Å². The van der Waals surface area contributed by atoms with Crippen molar-refractivity contribution in [3.05, 3.63) is 32.7 Å². The second kappa shape index (κ2) is 6.66. The third kappa shape index (κ3) is 3.87. The molecule has 0 atom stereocenters. The van der Waals surface area contributed by atoms with Crippen LogP contribution in [-0.4, -0.2) is 17.9 Å². The summed E-state index contributed by atoms with van der Waals surface area (Å²) in [5.74, 6) is -12.1. The average molecular weight is 486 g/mol. The van der Waals surface area contributed by atoms with Gasteiger partial charge in [0.25, 0.3) is 0 Å². The molecule has 0 N–H and O–H groups in total. The summed E-state index contributed by atoms with van der Waals surface area (Å²) in [6.45, 7) is 2.07. The number of alkyl halides is 4. The van der Waals surface area contributed by atoms with Gasteiger partial charge in [-0.2, -0.15) is 0 Å².